The van der Waals surface area contributed by atoms with Gasteiger partial charge in [-0.2, -0.15) is 5.26 Å². The Morgan fingerprint density at radius 1 is 1.42 bits per heavy atom. The number of unbranched alkanes of at least 4 members (excludes halogenated alkanes) is 1. The topological polar surface area (TPSA) is 23.8 Å². The number of halogens is 4. The first-order chi connectivity index (χ1) is 8.88. The number of hydrogen-bond donors (Lipinski definition) is 0. The van der Waals surface area contributed by atoms with E-state index in [9.17, 15) is 17.3 Å². The molecule has 0 aliphatic heterocycles. The number of nitriles is 1. The molecule has 0 saturated carbocycles. The quantitative estimate of drug-likeness (QED) is 0.218. The summed E-state index contributed by atoms with van der Waals surface area (Å²) in [6.07, 6.45) is 4.39. The second-order valence-corrected chi connectivity index (χ2v) is 6.90. The van der Waals surface area contributed by atoms with E-state index in [0.717, 1.165) is 5.75 Å². The van der Waals surface area contributed by atoms with Crippen LogP contribution in [-0.2, 0) is 6.42 Å². The summed E-state index contributed by atoms with van der Waals surface area (Å²) in [5.74, 6) is 0.933. The fraction of sp³-hybridized carbons (Fsp3) is 0.600. The van der Waals surface area contributed by atoms with E-state index in [1.54, 1.807) is 0 Å². The molecule has 0 atom stereocenters. The van der Waals surface area contributed by atoms with Crippen molar-refractivity contribution in [3.63, 3.8) is 0 Å². The number of rotatable bonds is 6. The second kappa shape index (κ2) is 10.5. The summed E-state index contributed by atoms with van der Waals surface area (Å²) in [7, 11) is -6.00. The minimum Gasteiger partial charge on any atom is -0.418 e. The maximum absolute atomic E-state index is 9.75. The highest BCUT2D eigenvalue weighted by Crippen LogP contribution is 2.33. The van der Waals surface area contributed by atoms with E-state index in [4.69, 9.17) is 5.26 Å². The summed E-state index contributed by atoms with van der Waals surface area (Å²) in [5, 5.41) is 8.45. The monoisotopic (exact) mass is 331 g/mol. The predicted octanol–water partition coefficient (Wildman–Crippen LogP) is 5.74. The van der Waals surface area contributed by atoms with Gasteiger partial charge in [-0.3, -0.25) is 0 Å². The average Bonchev–Trinajstić information content (AvgIpc) is 2.72. The molecular formula is C10H14BF4NS3. The summed E-state index contributed by atoms with van der Waals surface area (Å²) < 4.78 is 42.6. The molecule has 1 aromatic heterocycles. The Morgan fingerprint density at radius 2 is 2.05 bits per heavy atom. The van der Waals surface area contributed by atoms with Crippen molar-refractivity contribution in [2.75, 3.05) is 5.75 Å². The number of aryl methyl sites for hydroxylation is 1. The molecule has 1 nitrogen and oxygen atoms in total. The van der Waals surface area contributed by atoms with Crippen LogP contribution in [0.5, 0.6) is 0 Å². The van der Waals surface area contributed by atoms with Gasteiger partial charge in [-0.05, 0) is 6.42 Å². The summed E-state index contributed by atoms with van der Waals surface area (Å²) in [5.41, 5.74) is 0. The lowest BCUT2D eigenvalue weighted by molar-refractivity contribution is 0.368. The second-order valence-electron chi connectivity index (χ2n) is 3.40. The van der Waals surface area contributed by atoms with Gasteiger partial charge in [0.1, 0.15) is 0 Å². The minimum absolute atomic E-state index is 0.653. The van der Waals surface area contributed by atoms with Crippen LogP contribution < -0.4 is 0 Å². The van der Waals surface area contributed by atoms with E-state index < -0.39 is 7.25 Å². The van der Waals surface area contributed by atoms with Crippen LogP contribution in [0.25, 0.3) is 0 Å². The van der Waals surface area contributed by atoms with Crippen molar-refractivity contribution in [3.8, 4) is 6.07 Å². The molecule has 0 radical (unpaired) electrons. The fourth-order valence-electron chi connectivity index (χ4n) is 1.04. The Hall–Kier alpha value is -0.325. The van der Waals surface area contributed by atoms with Crippen molar-refractivity contribution in [2.45, 2.75) is 36.8 Å². The van der Waals surface area contributed by atoms with E-state index in [2.05, 4.69) is 17.7 Å². The van der Waals surface area contributed by atoms with Gasteiger partial charge in [0, 0.05) is 18.6 Å². The first-order valence-corrected chi connectivity index (χ1v) is 8.38. The molecule has 0 fully saturated rings. The lowest BCUT2D eigenvalue weighted by atomic mass is 10.2. The van der Waals surface area contributed by atoms with Crippen molar-refractivity contribution >= 4 is 41.7 Å². The molecule has 0 aromatic carbocycles. The average molecular weight is 331 g/mol. The molecule has 0 bridgehead atoms. The van der Waals surface area contributed by atoms with Crippen molar-refractivity contribution in [1.82, 2.24) is 0 Å². The molecule has 1 heterocycles. The smallest absolute Gasteiger partial charge is 0.418 e. The van der Waals surface area contributed by atoms with Gasteiger partial charge in [-0.15, -0.1) is 0 Å². The highest BCUT2D eigenvalue weighted by molar-refractivity contribution is 8.01. The molecule has 0 spiro atoms. The molecule has 0 saturated heterocycles. The van der Waals surface area contributed by atoms with Gasteiger partial charge in [-0.25, -0.2) is 0 Å². The zero-order valence-corrected chi connectivity index (χ0v) is 12.8. The third-order valence-corrected chi connectivity index (χ3v) is 5.52. The Labute approximate surface area is 122 Å². The summed E-state index contributed by atoms with van der Waals surface area (Å²) >= 11 is 5.52. The van der Waals surface area contributed by atoms with E-state index in [-0.39, 0.29) is 0 Å². The van der Waals surface area contributed by atoms with E-state index in [1.807, 2.05) is 34.4 Å². The Kier molecular flexibility index (Phi) is 10.3. The maximum atomic E-state index is 9.75. The SMILES string of the molecule is CCCCc1sc[s+]c1SCCC#N.F[B-](F)(F)F. The zero-order chi connectivity index (χ0) is 14.7. The van der Waals surface area contributed by atoms with Gasteiger partial charge in [-0.1, -0.05) is 25.1 Å². The van der Waals surface area contributed by atoms with Gasteiger partial charge in [0.2, 0.25) is 4.69 Å². The summed E-state index contributed by atoms with van der Waals surface area (Å²) in [6.45, 7) is 2.22. The van der Waals surface area contributed by atoms with E-state index >= 15 is 0 Å². The van der Waals surface area contributed by atoms with Crippen LogP contribution in [0, 0.1) is 11.3 Å². The number of hydrogen-bond acceptors (Lipinski definition) is 3. The normalized spacial score (nSPS) is 10.5. The predicted molar refractivity (Wildman–Crippen MR) is 76.4 cm³/mol. The molecule has 0 aliphatic carbocycles. The van der Waals surface area contributed by atoms with Crippen LogP contribution in [0.3, 0.4) is 0 Å². The molecular weight excluding hydrogens is 317 g/mol. The summed E-state index contributed by atoms with van der Waals surface area (Å²) in [4.78, 5) is 1.51. The molecule has 0 N–H and O–H groups in total. The largest absolute Gasteiger partial charge is 0.673 e. The maximum Gasteiger partial charge on any atom is 0.673 e. The molecule has 0 unspecified atom stereocenters. The van der Waals surface area contributed by atoms with Crippen molar-refractivity contribution in [1.29, 1.82) is 5.26 Å². The number of thioether (sulfide) groups is 1. The fourth-order valence-corrected chi connectivity index (χ4v) is 4.77. The summed E-state index contributed by atoms with van der Waals surface area (Å²) in [6, 6.07) is 2.18. The Bertz CT molecular complexity index is 383. The molecule has 0 amide bonds. The molecule has 9 heteroatoms. The van der Waals surface area contributed by atoms with Crippen LogP contribution in [0.15, 0.2) is 8.90 Å². The lowest BCUT2D eigenvalue weighted by Crippen LogP contribution is -2.02. The van der Waals surface area contributed by atoms with Crippen LogP contribution >= 0.6 is 34.4 Å². The van der Waals surface area contributed by atoms with Gasteiger partial charge >= 0.3 is 7.25 Å². The van der Waals surface area contributed by atoms with Gasteiger partial charge in [0.05, 0.1) is 28.7 Å². The molecule has 19 heavy (non-hydrogen) atoms. The molecule has 0 aliphatic rings. The van der Waals surface area contributed by atoms with Crippen molar-refractivity contribution in [3.05, 3.63) is 9.57 Å². The van der Waals surface area contributed by atoms with Crippen LogP contribution in [0.2, 0.25) is 0 Å². The molecule has 1 rings (SSSR count). The highest BCUT2D eigenvalue weighted by atomic mass is 32.2. The molecule has 108 valence electrons. The first-order valence-electron chi connectivity index (χ1n) is 5.63. The zero-order valence-electron chi connectivity index (χ0n) is 10.4. The number of nitrogens with zero attached hydrogens (tertiary/aromatic N) is 1. The Morgan fingerprint density at radius 3 is 2.58 bits per heavy atom. The van der Waals surface area contributed by atoms with Crippen molar-refractivity contribution in [2.24, 2.45) is 0 Å². The van der Waals surface area contributed by atoms with E-state index in [0.29, 0.717) is 6.42 Å². The van der Waals surface area contributed by atoms with Crippen LogP contribution in [-0.4, -0.2) is 13.0 Å². The third-order valence-electron chi connectivity index (χ3n) is 1.78. The molecule has 1 aromatic rings. The van der Waals surface area contributed by atoms with Crippen molar-refractivity contribution < 1.29 is 17.3 Å². The standard InChI is InChI=1S/C10H14NS3.BF4/c1-2-3-5-9-10(14-8-13-9)12-7-4-6-11;2-1(3,4)5/h8H,2-5,7H2,1H3;/q+1;-1. The highest BCUT2D eigenvalue weighted by Gasteiger charge is 2.20. The van der Waals surface area contributed by atoms with E-state index in [1.165, 1.54) is 28.3 Å². The van der Waals surface area contributed by atoms with Crippen LogP contribution in [0.4, 0.5) is 17.3 Å². The lowest BCUT2D eigenvalue weighted by Gasteiger charge is -1.94. The first kappa shape index (κ1) is 18.7. The van der Waals surface area contributed by atoms with Gasteiger partial charge in [0.15, 0.2) is 9.09 Å². The van der Waals surface area contributed by atoms with Gasteiger partial charge in [0.25, 0.3) is 0 Å². The third kappa shape index (κ3) is 12.5. The Balaban J connectivity index is 0.000000555. The van der Waals surface area contributed by atoms with Crippen LogP contribution in [0.1, 0.15) is 31.1 Å². The minimum atomic E-state index is -6.00. The van der Waals surface area contributed by atoms with Gasteiger partial charge < -0.3 is 17.3 Å².